The van der Waals surface area contributed by atoms with Gasteiger partial charge in [-0.2, -0.15) is 0 Å². The molecule has 0 aliphatic carbocycles. The Morgan fingerprint density at radius 2 is 1.94 bits per heavy atom. The van der Waals surface area contributed by atoms with Gasteiger partial charge in [-0.25, -0.2) is 4.79 Å². The third-order valence-corrected chi connectivity index (χ3v) is 3.06. The number of thioether (sulfide) groups is 1. The van der Waals surface area contributed by atoms with E-state index in [1.807, 2.05) is 0 Å². The van der Waals surface area contributed by atoms with Gasteiger partial charge in [-0.15, -0.1) is 11.8 Å². The van der Waals surface area contributed by atoms with Crippen molar-refractivity contribution in [1.29, 1.82) is 0 Å². The molecule has 5 heteroatoms. The van der Waals surface area contributed by atoms with Crippen LogP contribution in [-0.4, -0.2) is 29.4 Å². The molecule has 0 radical (unpaired) electrons. The van der Waals surface area contributed by atoms with Gasteiger partial charge in [0.25, 0.3) is 0 Å². The van der Waals surface area contributed by atoms with Gasteiger partial charge in [0.15, 0.2) is 0 Å². The molecule has 0 saturated carbocycles. The summed E-state index contributed by atoms with van der Waals surface area (Å²) in [5, 5.41) is 8.72. The van der Waals surface area contributed by atoms with E-state index >= 15 is 0 Å². The van der Waals surface area contributed by atoms with E-state index in [0.29, 0.717) is 6.61 Å². The zero-order valence-electron chi connectivity index (χ0n) is 9.51. The van der Waals surface area contributed by atoms with Crippen molar-refractivity contribution in [3.8, 4) is 0 Å². The molecule has 0 aliphatic rings. The minimum absolute atomic E-state index is 0.263. The molecule has 0 fully saturated rings. The number of carboxylic acid groups (broad SMARTS) is 1. The summed E-state index contributed by atoms with van der Waals surface area (Å²) in [4.78, 5) is 22.1. The fourth-order valence-corrected chi connectivity index (χ4v) is 1.99. The van der Waals surface area contributed by atoms with Crippen LogP contribution in [-0.2, 0) is 9.53 Å². The molecular weight excluding hydrogens is 240 g/mol. The zero-order valence-corrected chi connectivity index (χ0v) is 10.3. The number of esters is 1. The molecule has 1 N–H and O–H groups in total. The van der Waals surface area contributed by atoms with E-state index in [-0.39, 0.29) is 11.5 Å². The molecule has 0 heterocycles. The molecule has 4 nitrogen and oxygen atoms in total. The van der Waals surface area contributed by atoms with Crippen LogP contribution >= 0.6 is 11.8 Å². The summed E-state index contributed by atoms with van der Waals surface area (Å²) < 4.78 is 4.80. The molecule has 0 atom stereocenters. The van der Waals surface area contributed by atoms with E-state index in [9.17, 15) is 9.59 Å². The van der Waals surface area contributed by atoms with E-state index in [1.54, 1.807) is 36.0 Å². The molecule has 1 aromatic carbocycles. The second-order valence-corrected chi connectivity index (χ2v) is 4.54. The number of ether oxygens (including phenoxy) is 1. The lowest BCUT2D eigenvalue weighted by Gasteiger charge is -2.03. The van der Waals surface area contributed by atoms with Crippen molar-refractivity contribution in [2.75, 3.05) is 12.4 Å². The highest BCUT2D eigenvalue weighted by Crippen LogP contribution is 2.19. The molecule has 0 unspecified atom stereocenters. The smallest absolute Gasteiger partial charge is 0.335 e. The largest absolute Gasteiger partial charge is 0.478 e. The number of hydrogen-bond acceptors (Lipinski definition) is 4. The lowest BCUT2D eigenvalue weighted by molar-refractivity contribution is -0.140. The van der Waals surface area contributed by atoms with Crippen molar-refractivity contribution in [3.05, 3.63) is 29.8 Å². The summed E-state index contributed by atoms with van der Waals surface area (Å²) in [6, 6.07) is 6.72. The van der Waals surface area contributed by atoms with Crippen molar-refractivity contribution in [2.45, 2.75) is 18.2 Å². The predicted octanol–water partition coefficient (Wildman–Crippen LogP) is 2.43. The van der Waals surface area contributed by atoms with Crippen molar-refractivity contribution < 1.29 is 19.4 Å². The molecule has 92 valence electrons. The van der Waals surface area contributed by atoms with E-state index < -0.39 is 5.97 Å². The lowest BCUT2D eigenvalue weighted by atomic mass is 10.2. The Balaban J connectivity index is 2.27. The Kier molecular flexibility index (Phi) is 5.56. The Labute approximate surface area is 104 Å². The molecule has 0 saturated heterocycles. The van der Waals surface area contributed by atoms with Crippen molar-refractivity contribution in [3.63, 3.8) is 0 Å². The topological polar surface area (TPSA) is 63.6 Å². The molecule has 1 rings (SSSR count). The first-order valence-corrected chi connectivity index (χ1v) is 6.17. The maximum atomic E-state index is 10.6. The summed E-state index contributed by atoms with van der Waals surface area (Å²) in [6.07, 6.45) is 0.783. The first-order chi connectivity index (χ1) is 8.09. The van der Waals surface area contributed by atoms with E-state index in [2.05, 4.69) is 0 Å². The van der Waals surface area contributed by atoms with Crippen molar-refractivity contribution in [1.82, 2.24) is 0 Å². The van der Waals surface area contributed by atoms with Crippen LogP contribution in [0.25, 0.3) is 0 Å². The summed E-state index contributed by atoms with van der Waals surface area (Å²) in [7, 11) is 0. The van der Waals surface area contributed by atoms with Gasteiger partial charge in [-0.1, -0.05) is 0 Å². The van der Waals surface area contributed by atoms with Gasteiger partial charge in [-0.05, 0) is 30.7 Å². The second kappa shape index (κ2) is 6.96. The number of rotatable bonds is 6. The average Bonchev–Trinajstić information content (AvgIpc) is 2.29. The van der Waals surface area contributed by atoms with Gasteiger partial charge in [0.05, 0.1) is 12.2 Å². The minimum atomic E-state index is -0.920. The maximum absolute atomic E-state index is 10.6. The maximum Gasteiger partial charge on any atom is 0.335 e. The Bertz CT molecular complexity index is 386. The molecule has 0 aliphatic heterocycles. The number of carbonyl (C=O) groups is 2. The fourth-order valence-electron chi connectivity index (χ4n) is 1.16. The molecule has 0 amide bonds. The Hall–Kier alpha value is -1.49. The van der Waals surface area contributed by atoms with Crippen LogP contribution in [0.3, 0.4) is 0 Å². The zero-order chi connectivity index (χ0) is 12.7. The van der Waals surface area contributed by atoms with Crippen LogP contribution in [0.5, 0.6) is 0 Å². The van der Waals surface area contributed by atoms with Gasteiger partial charge in [0, 0.05) is 17.6 Å². The van der Waals surface area contributed by atoms with Gasteiger partial charge < -0.3 is 9.84 Å². The van der Waals surface area contributed by atoms with Crippen LogP contribution in [0.1, 0.15) is 23.7 Å². The molecule has 1 aromatic rings. The van der Waals surface area contributed by atoms with Crippen LogP contribution in [0.15, 0.2) is 29.2 Å². The Morgan fingerprint density at radius 3 is 2.47 bits per heavy atom. The SMILES string of the molecule is CC(=O)OCCCSc1ccc(C(=O)O)cc1. The highest BCUT2D eigenvalue weighted by molar-refractivity contribution is 7.99. The molecule has 0 bridgehead atoms. The number of hydrogen-bond donors (Lipinski definition) is 1. The molecule has 0 spiro atoms. The molecule has 0 aromatic heterocycles. The normalized spacial score (nSPS) is 9.94. The van der Waals surface area contributed by atoms with Crippen molar-refractivity contribution in [2.24, 2.45) is 0 Å². The number of benzene rings is 1. The van der Waals surface area contributed by atoms with Crippen LogP contribution < -0.4 is 0 Å². The summed E-state index contributed by atoms with van der Waals surface area (Å²) >= 11 is 1.61. The molecular formula is C12H14O4S. The third kappa shape index (κ3) is 5.40. The molecule has 17 heavy (non-hydrogen) atoms. The summed E-state index contributed by atoms with van der Waals surface area (Å²) in [5.41, 5.74) is 0.286. The average molecular weight is 254 g/mol. The van der Waals surface area contributed by atoms with Gasteiger partial charge in [0.2, 0.25) is 0 Å². The highest BCUT2D eigenvalue weighted by Gasteiger charge is 2.01. The first kappa shape index (κ1) is 13.6. The standard InChI is InChI=1S/C12H14O4S/c1-9(13)16-7-2-8-17-11-5-3-10(4-6-11)12(14)15/h3-6H,2,7-8H2,1H3,(H,14,15). The first-order valence-electron chi connectivity index (χ1n) is 5.19. The second-order valence-electron chi connectivity index (χ2n) is 3.37. The predicted molar refractivity (Wildman–Crippen MR) is 65.4 cm³/mol. The van der Waals surface area contributed by atoms with E-state index in [4.69, 9.17) is 9.84 Å². The van der Waals surface area contributed by atoms with E-state index in [1.165, 1.54) is 6.92 Å². The highest BCUT2D eigenvalue weighted by atomic mass is 32.2. The van der Waals surface area contributed by atoms with Gasteiger partial charge in [-0.3, -0.25) is 4.79 Å². The van der Waals surface area contributed by atoms with Gasteiger partial charge in [0.1, 0.15) is 0 Å². The number of carboxylic acids is 1. The number of aromatic carboxylic acids is 1. The van der Waals surface area contributed by atoms with Gasteiger partial charge >= 0.3 is 11.9 Å². The van der Waals surface area contributed by atoms with Crippen LogP contribution in [0, 0.1) is 0 Å². The van der Waals surface area contributed by atoms with E-state index in [0.717, 1.165) is 17.1 Å². The van der Waals surface area contributed by atoms with Crippen molar-refractivity contribution >= 4 is 23.7 Å². The minimum Gasteiger partial charge on any atom is -0.478 e. The summed E-state index contributed by atoms with van der Waals surface area (Å²) in [6.45, 7) is 1.81. The number of carbonyl (C=O) groups excluding carboxylic acids is 1. The van der Waals surface area contributed by atoms with Crippen LogP contribution in [0.2, 0.25) is 0 Å². The monoisotopic (exact) mass is 254 g/mol. The van der Waals surface area contributed by atoms with Crippen LogP contribution in [0.4, 0.5) is 0 Å². The quantitative estimate of drug-likeness (QED) is 0.480. The lowest BCUT2D eigenvalue weighted by Crippen LogP contribution is -2.01. The summed E-state index contributed by atoms with van der Waals surface area (Å²) in [5.74, 6) is -0.350. The third-order valence-electron chi connectivity index (χ3n) is 1.96. The Morgan fingerprint density at radius 1 is 1.29 bits per heavy atom. The fraction of sp³-hybridized carbons (Fsp3) is 0.333.